The van der Waals surface area contributed by atoms with Gasteiger partial charge in [-0.2, -0.15) is 17.9 Å². The number of hydrogen-bond donors (Lipinski definition) is 1. The van der Waals surface area contributed by atoms with E-state index < -0.39 is 17.6 Å². The zero-order chi connectivity index (χ0) is 23.4. The van der Waals surface area contributed by atoms with Crippen molar-refractivity contribution < 1.29 is 18.0 Å². The molecule has 0 aliphatic rings. The first-order valence-corrected chi connectivity index (χ1v) is 10.9. The van der Waals surface area contributed by atoms with Crippen molar-refractivity contribution in [3.63, 3.8) is 0 Å². The van der Waals surface area contributed by atoms with Crippen LogP contribution in [0.5, 0.6) is 0 Å². The van der Waals surface area contributed by atoms with Gasteiger partial charge in [0.2, 0.25) is 5.16 Å². The second-order valence-electron chi connectivity index (χ2n) is 6.84. The maximum atomic E-state index is 12.9. The molecule has 11 heteroatoms. The van der Waals surface area contributed by atoms with E-state index in [9.17, 15) is 18.0 Å². The Labute approximate surface area is 195 Å². The molecule has 0 unspecified atom stereocenters. The summed E-state index contributed by atoms with van der Waals surface area (Å²) in [6, 6.07) is 18.9. The first kappa shape index (κ1) is 22.8. The topological polar surface area (TPSA) is 72.7 Å². The summed E-state index contributed by atoms with van der Waals surface area (Å²) < 4.78 is 40.4. The molecule has 4 aromatic rings. The van der Waals surface area contributed by atoms with Crippen LogP contribution in [0.3, 0.4) is 0 Å². The Morgan fingerprint density at radius 1 is 1.03 bits per heavy atom. The molecule has 0 radical (unpaired) electrons. The second-order valence-corrected chi connectivity index (χ2v) is 8.19. The number of halogens is 4. The minimum Gasteiger partial charge on any atom is -0.321 e. The molecule has 1 amide bonds. The number of carbonyl (C=O) groups excluding carboxylic acids is 1. The van der Waals surface area contributed by atoms with E-state index in [2.05, 4.69) is 20.8 Å². The highest BCUT2D eigenvalue weighted by Crippen LogP contribution is 2.34. The summed E-state index contributed by atoms with van der Waals surface area (Å²) in [5.41, 5.74) is 1.03. The van der Waals surface area contributed by atoms with Gasteiger partial charge in [-0.15, -0.1) is 5.10 Å². The number of para-hydroxylation sites is 1. The summed E-state index contributed by atoms with van der Waals surface area (Å²) in [5, 5.41) is 14.8. The summed E-state index contributed by atoms with van der Waals surface area (Å²) in [7, 11) is 0. The molecule has 0 spiro atoms. The maximum Gasteiger partial charge on any atom is 0.416 e. The number of nitrogens with one attached hydrogen (secondary N) is 1. The fourth-order valence-corrected chi connectivity index (χ4v) is 3.90. The predicted octanol–water partition coefficient (Wildman–Crippen LogP) is 5.88. The van der Waals surface area contributed by atoms with Gasteiger partial charge in [0, 0.05) is 11.3 Å². The summed E-state index contributed by atoms with van der Waals surface area (Å²) in [6.07, 6.45) is -4.54. The molecule has 168 valence electrons. The van der Waals surface area contributed by atoms with Gasteiger partial charge in [-0.1, -0.05) is 53.7 Å². The van der Waals surface area contributed by atoms with E-state index in [1.165, 1.54) is 11.8 Å². The number of alkyl halides is 3. The van der Waals surface area contributed by atoms with Crippen molar-refractivity contribution >= 4 is 35.0 Å². The van der Waals surface area contributed by atoms with Gasteiger partial charge in [0.15, 0.2) is 0 Å². The lowest BCUT2D eigenvalue weighted by Gasteiger charge is -2.12. The van der Waals surface area contributed by atoms with Crippen molar-refractivity contribution in [2.45, 2.75) is 17.1 Å². The highest BCUT2D eigenvalue weighted by molar-refractivity contribution is 7.98. The second kappa shape index (κ2) is 9.63. The molecule has 0 atom stereocenters. The average molecular weight is 490 g/mol. The Hall–Kier alpha value is -3.37. The minimum absolute atomic E-state index is 0.0144. The van der Waals surface area contributed by atoms with Crippen LogP contribution >= 0.6 is 23.4 Å². The van der Waals surface area contributed by atoms with Gasteiger partial charge in [0.1, 0.15) is 0 Å². The van der Waals surface area contributed by atoms with Crippen LogP contribution in [0.1, 0.15) is 21.5 Å². The molecule has 6 nitrogen and oxygen atoms in total. The fraction of sp³-hybridized carbons (Fsp3) is 0.0909. The van der Waals surface area contributed by atoms with Crippen molar-refractivity contribution in [3.8, 4) is 5.69 Å². The number of benzene rings is 3. The number of nitrogens with zero attached hydrogens (tertiary/aromatic N) is 4. The van der Waals surface area contributed by atoms with Gasteiger partial charge in [0.05, 0.1) is 22.0 Å². The molecule has 1 N–H and O–H groups in total. The molecule has 33 heavy (non-hydrogen) atoms. The summed E-state index contributed by atoms with van der Waals surface area (Å²) in [4.78, 5) is 12.5. The Morgan fingerprint density at radius 3 is 2.45 bits per heavy atom. The van der Waals surface area contributed by atoms with Gasteiger partial charge >= 0.3 is 6.18 Å². The monoisotopic (exact) mass is 489 g/mol. The number of amides is 1. The lowest BCUT2D eigenvalue weighted by Crippen LogP contribution is -2.13. The lowest BCUT2D eigenvalue weighted by atomic mass is 10.1. The number of aromatic nitrogens is 4. The number of rotatable bonds is 6. The molecule has 0 fully saturated rings. The molecule has 0 saturated heterocycles. The molecule has 0 aliphatic heterocycles. The highest BCUT2D eigenvalue weighted by Gasteiger charge is 2.31. The van der Waals surface area contributed by atoms with Crippen LogP contribution in [0.25, 0.3) is 5.69 Å². The third-order valence-corrected chi connectivity index (χ3v) is 5.89. The van der Waals surface area contributed by atoms with Gasteiger partial charge in [-0.05, 0) is 58.5 Å². The average Bonchev–Trinajstić information content (AvgIpc) is 3.28. The van der Waals surface area contributed by atoms with E-state index in [0.717, 1.165) is 29.4 Å². The van der Waals surface area contributed by atoms with Crippen LogP contribution in [0.2, 0.25) is 5.02 Å². The molecular formula is C22H15ClF3N5OS. The number of tetrazole rings is 1. The number of hydrogen-bond acceptors (Lipinski definition) is 5. The van der Waals surface area contributed by atoms with E-state index >= 15 is 0 Å². The minimum atomic E-state index is -4.54. The normalized spacial score (nSPS) is 11.4. The molecule has 0 aliphatic carbocycles. The van der Waals surface area contributed by atoms with Crippen LogP contribution < -0.4 is 5.32 Å². The number of thioether (sulfide) groups is 1. The standard InChI is InChI=1S/C22H15ClF3N5OS/c23-18-11-10-16(22(24,25)26)12-19(18)27-20(32)15-8-6-14(7-9-15)13-33-21-28-29-30-31(21)17-4-2-1-3-5-17/h1-12H,13H2,(H,27,32). The van der Waals surface area contributed by atoms with Crippen molar-refractivity contribution in [1.29, 1.82) is 0 Å². The predicted molar refractivity (Wildman–Crippen MR) is 120 cm³/mol. The van der Waals surface area contributed by atoms with Crippen LogP contribution in [-0.2, 0) is 11.9 Å². The first-order chi connectivity index (χ1) is 15.8. The molecule has 1 aromatic heterocycles. The smallest absolute Gasteiger partial charge is 0.321 e. The van der Waals surface area contributed by atoms with Gasteiger partial charge in [0.25, 0.3) is 5.91 Å². The maximum absolute atomic E-state index is 12.9. The Kier molecular flexibility index (Phi) is 6.66. The van der Waals surface area contributed by atoms with Crippen LogP contribution in [0.15, 0.2) is 78.0 Å². The Balaban J connectivity index is 1.41. The van der Waals surface area contributed by atoms with Gasteiger partial charge in [-0.25, -0.2) is 0 Å². The molecule has 0 bridgehead atoms. The molecule has 0 saturated carbocycles. The highest BCUT2D eigenvalue weighted by atomic mass is 35.5. The van der Waals surface area contributed by atoms with Crippen molar-refractivity contribution in [2.75, 3.05) is 5.32 Å². The van der Waals surface area contributed by atoms with E-state index in [1.54, 1.807) is 28.9 Å². The third kappa shape index (κ3) is 5.52. The number of carbonyl (C=O) groups is 1. The Morgan fingerprint density at radius 2 is 1.76 bits per heavy atom. The van der Waals surface area contributed by atoms with E-state index in [0.29, 0.717) is 10.9 Å². The lowest BCUT2D eigenvalue weighted by molar-refractivity contribution is -0.137. The van der Waals surface area contributed by atoms with E-state index in [1.807, 2.05) is 30.3 Å². The zero-order valence-electron chi connectivity index (χ0n) is 16.8. The number of anilines is 1. The van der Waals surface area contributed by atoms with E-state index in [4.69, 9.17) is 11.6 Å². The molecule has 4 rings (SSSR count). The first-order valence-electron chi connectivity index (χ1n) is 9.55. The van der Waals surface area contributed by atoms with Crippen molar-refractivity contribution in [3.05, 3.63) is 94.5 Å². The fourth-order valence-electron chi connectivity index (χ4n) is 2.89. The SMILES string of the molecule is O=C(Nc1cc(C(F)(F)F)ccc1Cl)c1ccc(CSc2nnnn2-c2ccccc2)cc1. The van der Waals surface area contributed by atoms with Crippen LogP contribution in [-0.4, -0.2) is 26.1 Å². The van der Waals surface area contributed by atoms with Crippen LogP contribution in [0.4, 0.5) is 18.9 Å². The summed E-state index contributed by atoms with van der Waals surface area (Å²) in [6.45, 7) is 0. The van der Waals surface area contributed by atoms with Gasteiger partial charge < -0.3 is 5.32 Å². The quantitative estimate of drug-likeness (QED) is 0.342. The third-order valence-electron chi connectivity index (χ3n) is 4.57. The Bertz CT molecular complexity index is 1260. The van der Waals surface area contributed by atoms with Crippen LogP contribution in [0, 0.1) is 0 Å². The van der Waals surface area contributed by atoms with Gasteiger partial charge in [-0.3, -0.25) is 4.79 Å². The summed E-state index contributed by atoms with van der Waals surface area (Å²) >= 11 is 7.37. The van der Waals surface area contributed by atoms with Crippen molar-refractivity contribution in [1.82, 2.24) is 20.2 Å². The molecule has 3 aromatic carbocycles. The molecular weight excluding hydrogens is 475 g/mol. The van der Waals surface area contributed by atoms with E-state index in [-0.39, 0.29) is 16.3 Å². The van der Waals surface area contributed by atoms with Crippen molar-refractivity contribution in [2.24, 2.45) is 0 Å². The summed E-state index contributed by atoms with van der Waals surface area (Å²) in [5.74, 6) is -0.0161. The zero-order valence-corrected chi connectivity index (χ0v) is 18.3. The largest absolute Gasteiger partial charge is 0.416 e. The molecule has 1 heterocycles.